The molecule has 0 aliphatic heterocycles. The molecule has 0 amide bonds. The van der Waals surface area contributed by atoms with Crippen LogP contribution in [0, 0.1) is 11.8 Å². The van der Waals surface area contributed by atoms with E-state index in [1.165, 1.54) is 148 Å². The van der Waals surface area contributed by atoms with Gasteiger partial charge in [0, 0.05) is 19.3 Å². The van der Waals surface area contributed by atoms with E-state index in [0.717, 1.165) is 69.6 Å². The smallest absolute Gasteiger partial charge is 0.306 e. The highest BCUT2D eigenvalue weighted by Crippen LogP contribution is 2.17. The maximum atomic E-state index is 12.7. The minimum Gasteiger partial charge on any atom is -0.462 e. The van der Waals surface area contributed by atoms with Gasteiger partial charge in [-0.15, -0.1) is 0 Å². The minimum absolute atomic E-state index is 0.0657. The van der Waals surface area contributed by atoms with Gasteiger partial charge in [0.05, 0.1) is 0 Å². The van der Waals surface area contributed by atoms with Gasteiger partial charge in [-0.1, -0.05) is 221 Å². The number of carbonyl (C=O) groups excluding carboxylic acids is 3. The SMILES string of the molecule is CCCCCCCCCCCCCCCCCC(=O)OC[C@H](COC(=O)CCCCCCCCCCC(C)CC)OC(=O)CCCCCCCCC(C)C. The Morgan fingerprint density at radius 3 is 1.06 bits per heavy atom. The largest absolute Gasteiger partial charge is 0.462 e. The molecular weight excluding hydrogens is 673 g/mol. The molecule has 0 rings (SSSR count). The molecule has 0 aliphatic carbocycles. The molecule has 1 unspecified atom stereocenters. The summed E-state index contributed by atoms with van der Waals surface area (Å²) in [5.74, 6) is 0.746. The number of ether oxygens (including phenoxy) is 3. The first-order valence-corrected chi connectivity index (χ1v) is 23.8. The van der Waals surface area contributed by atoms with Gasteiger partial charge in [0.25, 0.3) is 0 Å². The molecule has 320 valence electrons. The van der Waals surface area contributed by atoms with E-state index in [1.807, 2.05) is 0 Å². The van der Waals surface area contributed by atoms with Gasteiger partial charge in [0.15, 0.2) is 6.10 Å². The normalized spacial score (nSPS) is 12.6. The molecule has 6 nitrogen and oxygen atoms in total. The standard InChI is InChI=1S/C48H92O6/c1-6-8-9-10-11-12-13-14-15-16-17-18-22-28-33-38-46(49)52-41-45(54-48(51)40-35-30-25-24-26-31-36-43(3)4)42-53-47(50)39-34-29-23-20-19-21-27-32-37-44(5)7-2/h43-45H,6-42H2,1-5H3/t44?,45-/m1/s1. The lowest BCUT2D eigenvalue weighted by atomic mass is 9.99. The van der Waals surface area contributed by atoms with Gasteiger partial charge < -0.3 is 14.2 Å². The highest BCUT2D eigenvalue weighted by Gasteiger charge is 2.19. The van der Waals surface area contributed by atoms with E-state index in [2.05, 4.69) is 34.6 Å². The van der Waals surface area contributed by atoms with Crippen LogP contribution in [0.15, 0.2) is 0 Å². The summed E-state index contributed by atoms with van der Waals surface area (Å²) in [6, 6.07) is 0. The first kappa shape index (κ1) is 52.4. The molecule has 0 radical (unpaired) electrons. The quantitative estimate of drug-likeness (QED) is 0.0350. The molecule has 0 aromatic carbocycles. The summed E-state index contributed by atoms with van der Waals surface area (Å²) in [5.41, 5.74) is 0. The number of hydrogen-bond donors (Lipinski definition) is 0. The average molecular weight is 765 g/mol. The number of esters is 3. The first-order chi connectivity index (χ1) is 26.3. The van der Waals surface area contributed by atoms with Crippen molar-refractivity contribution in [1.29, 1.82) is 0 Å². The van der Waals surface area contributed by atoms with Gasteiger partial charge >= 0.3 is 17.9 Å². The lowest BCUT2D eigenvalue weighted by Crippen LogP contribution is -2.30. The molecule has 6 heteroatoms. The van der Waals surface area contributed by atoms with Crippen molar-refractivity contribution in [3.63, 3.8) is 0 Å². The van der Waals surface area contributed by atoms with Gasteiger partial charge in [0.1, 0.15) is 13.2 Å². The summed E-state index contributed by atoms with van der Waals surface area (Å²) < 4.78 is 16.7. The van der Waals surface area contributed by atoms with Crippen LogP contribution in [0.5, 0.6) is 0 Å². The van der Waals surface area contributed by atoms with Crippen LogP contribution in [0.2, 0.25) is 0 Å². The predicted octanol–water partition coefficient (Wildman–Crippen LogP) is 15.0. The lowest BCUT2D eigenvalue weighted by Gasteiger charge is -2.18. The van der Waals surface area contributed by atoms with Gasteiger partial charge in [-0.2, -0.15) is 0 Å². The van der Waals surface area contributed by atoms with Crippen LogP contribution in [-0.4, -0.2) is 37.2 Å². The second kappa shape index (κ2) is 41.1. The van der Waals surface area contributed by atoms with Crippen molar-refractivity contribution in [2.45, 2.75) is 265 Å². The zero-order valence-electron chi connectivity index (χ0n) is 36.8. The molecule has 0 saturated carbocycles. The number of carbonyl (C=O) groups is 3. The van der Waals surface area contributed by atoms with Gasteiger partial charge in [-0.05, 0) is 31.1 Å². The van der Waals surface area contributed by atoms with Gasteiger partial charge in [-0.25, -0.2) is 0 Å². The molecule has 2 atom stereocenters. The van der Waals surface area contributed by atoms with Crippen molar-refractivity contribution in [2.75, 3.05) is 13.2 Å². The van der Waals surface area contributed by atoms with E-state index in [9.17, 15) is 14.4 Å². The molecule has 0 saturated heterocycles. The molecule has 0 spiro atoms. The fourth-order valence-corrected chi connectivity index (χ4v) is 7.07. The fraction of sp³-hybridized carbons (Fsp3) is 0.938. The maximum absolute atomic E-state index is 12.7. The fourth-order valence-electron chi connectivity index (χ4n) is 7.07. The van der Waals surface area contributed by atoms with Crippen LogP contribution >= 0.6 is 0 Å². The van der Waals surface area contributed by atoms with E-state index in [1.54, 1.807) is 0 Å². The van der Waals surface area contributed by atoms with Crippen LogP contribution in [-0.2, 0) is 28.6 Å². The van der Waals surface area contributed by atoms with E-state index in [0.29, 0.717) is 19.3 Å². The third-order valence-electron chi connectivity index (χ3n) is 11.1. The second-order valence-corrected chi connectivity index (χ2v) is 17.1. The highest BCUT2D eigenvalue weighted by atomic mass is 16.6. The first-order valence-electron chi connectivity index (χ1n) is 23.8. The zero-order chi connectivity index (χ0) is 39.7. The Hall–Kier alpha value is -1.59. The molecule has 0 heterocycles. The molecule has 54 heavy (non-hydrogen) atoms. The van der Waals surface area contributed by atoms with E-state index < -0.39 is 6.10 Å². The summed E-state index contributed by atoms with van der Waals surface area (Å²) in [5, 5.41) is 0. The Morgan fingerprint density at radius 1 is 0.389 bits per heavy atom. The third-order valence-corrected chi connectivity index (χ3v) is 11.1. The highest BCUT2D eigenvalue weighted by molar-refractivity contribution is 5.71. The van der Waals surface area contributed by atoms with Crippen LogP contribution in [0.4, 0.5) is 0 Å². The number of hydrogen-bond acceptors (Lipinski definition) is 6. The van der Waals surface area contributed by atoms with Crippen molar-refractivity contribution in [3.8, 4) is 0 Å². The summed E-state index contributed by atoms with van der Waals surface area (Å²) in [7, 11) is 0. The van der Waals surface area contributed by atoms with Crippen molar-refractivity contribution >= 4 is 17.9 Å². The van der Waals surface area contributed by atoms with Crippen LogP contribution < -0.4 is 0 Å². The zero-order valence-corrected chi connectivity index (χ0v) is 36.8. The van der Waals surface area contributed by atoms with Crippen molar-refractivity contribution in [1.82, 2.24) is 0 Å². The number of rotatable bonds is 42. The Balaban J connectivity index is 4.29. The monoisotopic (exact) mass is 765 g/mol. The molecule has 0 bridgehead atoms. The van der Waals surface area contributed by atoms with Crippen molar-refractivity contribution in [3.05, 3.63) is 0 Å². The predicted molar refractivity (Wildman–Crippen MR) is 229 cm³/mol. The summed E-state index contributed by atoms with van der Waals surface area (Å²) >= 11 is 0. The van der Waals surface area contributed by atoms with Crippen molar-refractivity contribution < 1.29 is 28.6 Å². The number of unbranched alkanes of at least 4 members (excludes halogenated alkanes) is 26. The maximum Gasteiger partial charge on any atom is 0.306 e. The molecule has 0 aromatic heterocycles. The van der Waals surface area contributed by atoms with Gasteiger partial charge in [-0.3, -0.25) is 14.4 Å². The van der Waals surface area contributed by atoms with Crippen LogP contribution in [0.25, 0.3) is 0 Å². The third kappa shape index (κ3) is 40.1. The van der Waals surface area contributed by atoms with Crippen LogP contribution in [0.1, 0.15) is 259 Å². The van der Waals surface area contributed by atoms with Crippen molar-refractivity contribution in [2.24, 2.45) is 11.8 Å². The minimum atomic E-state index is -0.761. The second-order valence-electron chi connectivity index (χ2n) is 17.1. The Labute approximate surface area is 336 Å². The Bertz CT molecular complexity index is 826. The summed E-state index contributed by atoms with van der Waals surface area (Å²) in [6.45, 7) is 11.3. The topological polar surface area (TPSA) is 78.9 Å². The summed E-state index contributed by atoms with van der Waals surface area (Å²) in [6.07, 6.45) is 39.5. The summed E-state index contributed by atoms with van der Waals surface area (Å²) in [4.78, 5) is 37.7. The molecule has 0 aromatic rings. The molecule has 0 N–H and O–H groups in total. The average Bonchev–Trinajstić information content (AvgIpc) is 3.15. The molecule has 0 aliphatic rings. The van der Waals surface area contributed by atoms with E-state index >= 15 is 0 Å². The van der Waals surface area contributed by atoms with Gasteiger partial charge in [0.2, 0.25) is 0 Å². The van der Waals surface area contributed by atoms with Crippen LogP contribution in [0.3, 0.4) is 0 Å². The van der Waals surface area contributed by atoms with E-state index in [4.69, 9.17) is 14.2 Å². The Morgan fingerprint density at radius 2 is 0.704 bits per heavy atom. The molecular formula is C48H92O6. The van der Waals surface area contributed by atoms with E-state index in [-0.39, 0.29) is 31.1 Å². The lowest BCUT2D eigenvalue weighted by molar-refractivity contribution is -0.167. The molecule has 0 fully saturated rings. The Kier molecular flexibility index (Phi) is 39.8.